The van der Waals surface area contributed by atoms with Gasteiger partial charge in [0.1, 0.15) is 4.90 Å². The third-order valence-electron chi connectivity index (χ3n) is 7.54. The Morgan fingerprint density at radius 2 is 1.68 bits per heavy atom. The zero-order chi connectivity index (χ0) is 25.4. The van der Waals surface area contributed by atoms with E-state index in [1.54, 1.807) is 24.4 Å². The van der Waals surface area contributed by atoms with Gasteiger partial charge in [-0.25, -0.2) is 8.42 Å². The summed E-state index contributed by atoms with van der Waals surface area (Å²) in [5.74, 6) is 1.58. The van der Waals surface area contributed by atoms with Crippen LogP contribution in [0.1, 0.15) is 18.4 Å². The number of pyridine rings is 1. The minimum Gasteiger partial charge on any atom is -0.454 e. The van der Waals surface area contributed by atoms with Crippen LogP contribution in [0.25, 0.3) is 10.9 Å². The summed E-state index contributed by atoms with van der Waals surface area (Å²) in [7, 11) is -3.68. The molecule has 4 heterocycles. The molecule has 0 aliphatic carbocycles. The van der Waals surface area contributed by atoms with Gasteiger partial charge in [-0.15, -0.1) is 0 Å². The molecule has 2 saturated heterocycles. The number of amides is 1. The van der Waals surface area contributed by atoms with Crippen molar-refractivity contribution >= 4 is 26.8 Å². The number of carbonyl (C=O) groups excluding carboxylic acids is 1. The lowest BCUT2D eigenvalue weighted by atomic mass is 9.96. The number of ether oxygens (including phenoxy) is 2. The lowest BCUT2D eigenvalue weighted by Gasteiger charge is -2.38. The van der Waals surface area contributed by atoms with Gasteiger partial charge < -0.3 is 14.4 Å². The maximum absolute atomic E-state index is 13.4. The Labute approximate surface area is 216 Å². The van der Waals surface area contributed by atoms with Gasteiger partial charge in [0.15, 0.2) is 11.5 Å². The first-order chi connectivity index (χ1) is 18.0. The van der Waals surface area contributed by atoms with Crippen molar-refractivity contribution in [1.29, 1.82) is 0 Å². The number of piperazine rings is 1. The van der Waals surface area contributed by atoms with Gasteiger partial charge in [-0.2, -0.15) is 4.31 Å². The predicted octanol–water partition coefficient (Wildman–Crippen LogP) is 2.71. The molecule has 9 nitrogen and oxygen atoms in total. The SMILES string of the molecule is O=C(C1CCN(S(=O)(=O)c2cccc3cccnc23)CC1)N1CCN(Cc2ccc3c(c2)OCO3)CC1. The van der Waals surface area contributed by atoms with E-state index in [9.17, 15) is 13.2 Å². The standard InChI is InChI=1S/C27H30N4O5S/c32-27(30-15-13-29(14-16-30)18-20-6-7-23-24(17-20)36-19-35-23)22-8-11-31(12-9-22)37(33,34)25-5-1-3-21-4-2-10-28-26(21)25/h1-7,10,17,22H,8-9,11-16,18-19H2. The van der Waals surface area contributed by atoms with Crippen LogP contribution in [0, 0.1) is 5.92 Å². The molecular formula is C27H30N4O5S. The molecule has 3 aliphatic heterocycles. The number of sulfonamides is 1. The third kappa shape index (κ3) is 4.76. The highest BCUT2D eigenvalue weighted by molar-refractivity contribution is 7.89. The lowest BCUT2D eigenvalue weighted by molar-refractivity contribution is -0.138. The van der Waals surface area contributed by atoms with Gasteiger partial charge in [0, 0.05) is 63.3 Å². The van der Waals surface area contributed by atoms with E-state index in [1.165, 1.54) is 9.87 Å². The minimum absolute atomic E-state index is 0.141. The molecule has 0 N–H and O–H groups in total. The summed E-state index contributed by atoms with van der Waals surface area (Å²) in [4.78, 5) is 22.1. The minimum atomic E-state index is -3.68. The number of hydrogen-bond donors (Lipinski definition) is 0. The van der Waals surface area contributed by atoms with Crippen LogP contribution in [0.15, 0.2) is 59.6 Å². The number of fused-ring (bicyclic) bond motifs is 2. The maximum atomic E-state index is 13.4. The summed E-state index contributed by atoms with van der Waals surface area (Å²) in [6.45, 7) is 4.73. The van der Waals surface area contributed by atoms with Gasteiger partial charge in [-0.3, -0.25) is 14.7 Å². The summed E-state index contributed by atoms with van der Waals surface area (Å²) in [6.07, 6.45) is 2.68. The number of para-hydroxylation sites is 1. The zero-order valence-electron chi connectivity index (χ0n) is 20.6. The molecule has 0 saturated carbocycles. The summed E-state index contributed by atoms with van der Waals surface area (Å²) in [5, 5.41) is 0.798. The van der Waals surface area contributed by atoms with E-state index in [2.05, 4.69) is 16.0 Å². The maximum Gasteiger partial charge on any atom is 0.245 e. The van der Waals surface area contributed by atoms with Crippen molar-refractivity contribution in [2.75, 3.05) is 46.1 Å². The highest BCUT2D eigenvalue weighted by Gasteiger charge is 2.35. The van der Waals surface area contributed by atoms with E-state index in [-0.39, 0.29) is 23.5 Å². The van der Waals surface area contributed by atoms with Crippen molar-refractivity contribution in [3.8, 4) is 11.5 Å². The van der Waals surface area contributed by atoms with Crippen LogP contribution < -0.4 is 9.47 Å². The quantitative estimate of drug-likeness (QED) is 0.509. The molecule has 3 aliphatic rings. The van der Waals surface area contributed by atoms with Crippen LogP contribution in [-0.2, 0) is 21.4 Å². The fraction of sp³-hybridized carbons (Fsp3) is 0.407. The van der Waals surface area contributed by atoms with E-state index in [0.29, 0.717) is 44.5 Å². The van der Waals surface area contributed by atoms with Crippen molar-refractivity contribution in [2.45, 2.75) is 24.3 Å². The zero-order valence-corrected chi connectivity index (χ0v) is 21.4. The molecule has 1 amide bonds. The summed E-state index contributed by atoms with van der Waals surface area (Å²) < 4.78 is 39.2. The van der Waals surface area contributed by atoms with E-state index >= 15 is 0 Å². The second-order valence-electron chi connectivity index (χ2n) is 9.80. The Balaban J connectivity index is 1.03. The average molecular weight is 523 g/mol. The molecular weight excluding hydrogens is 492 g/mol. The molecule has 0 radical (unpaired) electrons. The van der Waals surface area contributed by atoms with Gasteiger partial charge in [-0.05, 0) is 42.7 Å². The molecule has 37 heavy (non-hydrogen) atoms. The Morgan fingerprint density at radius 3 is 2.49 bits per heavy atom. The molecule has 0 bridgehead atoms. The fourth-order valence-corrected chi connectivity index (χ4v) is 7.08. The monoisotopic (exact) mass is 522 g/mol. The van der Waals surface area contributed by atoms with Crippen LogP contribution in [0.4, 0.5) is 0 Å². The van der Waals surface area contributed by atoms with Crippen molar-refractivity contribution in [2.24, 2.45) is 5.92 Å². The molecule has 2 aromatic carbocycles. The Bertz CT molecular complexity index is 1410. The third-order valence-corrected chi connectivity index (χ3v) is 9.47. The first-order valence-electron chi connectivity index (χ1n) is 12.7. The Kier molecular flexibility index (Phi) is 6.48. The van der Waals surface area contributed by atoms with Crippen molar-refractivity contribution in [3.05, 3.63) is 60.3 Å². The van der Waals surface area contributed by atoms with Gasteiger partial charge in [0.05, 0.1) is 5.52 Å². The number of benzene rings is 2. The first kappa shape index (κ1) is 24.1. The number of carbonyl (C=O) groups is 1. The van der Waals surface area contributed by atoms with Crippen molar-refractivity contribution in [1.82, 2.24) is 19.1 Å². The fourth-order valence-electron chi connectivity index (χ4n) is 5.45. The summed E-state index contributed by atoms with van der Waals surface area (Å²) in [5.41, 5.74) is 1.65. The van der Waals surface area contributed by atoms with E-state index in [1.807, 2.05) is 29.2 Å². The molecule has 194 valence electrons. The van der Waals surface area contributed by atoms with Crippen LogP contribution in [0.5, 0.6) is 11.5 Å². The van der Waals surface area contributed by atoms with E-state index in [4.69, 9.17) is 9.47 Å². The largest absolute Gasteiger partial charge is 0.454 e. The van der Waals surface area contributed by atoms with Gasteiger partial charge in [-0.1, -0.05) is 24.3 Å². The molecule has 0 atom stereocenters. The second kappa shape index (κ2) is 9.92. The Morgan fingerprint density at radius 1 is 0.919 bits per heavy atom. The number of aromatic nitrogens is 1. The Hall–Kier alpha value is -3.21. The lowest BCUT2D eigenvalue weighted by Crippen LogP contribution is -2.51. The number of hydrogen-bond acceptors (Lipinski definition) is 7. The molecule has 10 heteroatoms. The van der Waals surface area contributed by atoms with Crippen LogP contribution in [0.2, 0.25) is 0 Å². The van der Waals surface area contributed by atoms with Gasteiger partial charge >= 0.3 is 0 Å². The number of piperidine rings is 1. The van der Waals surface area contributed by atoms with E-state index < -0.39 is 10.0 Å². The molecule has 1 aromatic heterocycles. The molecule has 6 rings (SSSR count). The number of rotatable bonds is 5. The van der Waals surface area contributed by atoms with Crippen LogP contribution >= 0.6 is 0 Å². The van der Waals surface area contributed by atoms with Gasteiger partial charge in [0.2, 0.25) is 22.7 Å². The average Bonchev–Trinajstić information content (AvgIpc) is 3.41. The highest BCUT2D eigenvalue weighted by atomic mass is 32.2. The summed E-state index contributed by atoms with van der Waals surface area (Å²) >= 11 is 0. The molecule has 3 aromatic rings. The predicted molar refractivity (Wildman–Crippen MR) is 138 cm³/mol. The van der Waals surface area contributed by atoms with Gasteiger partial charge in [0.25, 0.3) is 0 Å². The van der Waals surface area contributed by atoms with Crippen molar-refractivity contribution in [3.63, 3.8) is 0 Å². The molecule has 2 fully saturated rings. The molecule has 0 unspecified atom stereocenters. The van der Waals surface area contributed by atoms with Crippen molar-refractivity contribution < 1.29 is 22.7 Å². The second-order valence-corrected chi connectivity index (χ2v) is 11.7. The normalized spacial score (nSPS) is 19.4. The van der Waals surface area contributed by atoms with Crippen LogP contribution in [0.3, 0.4) is 0 Å². The number of nitrogens with zero attached hydrogens (tertiary/aromatic N) is 4. The topological polar surface area (TPSA) is 92.3 Å². The summed E-state index contributed by atoms with van der Waals surface area (Å²) in [6, 6.07) is 14.9. The van der Waals surface area contributed by atoms with E-state index in [0.717, 1.165) is 36.5 Å². The smallest absolute Gasteiger partial charge is 0.245 e. The highest BCUT2D eigenvalue weighted by Crippen LogP contribution is 2.33. The molecule has 0 spiro atoms. The van der Waals surface area contributed by atoms with Crippen LogP contribution in [-0.4, -0.2) is 79.5 Å². The first-order valence-corrected chi connectivity index (χ1v) is 14.2.